The minimum absolute atomic E-state index is 0.116. The predicted octanol–water partition coefficient (Wildman–Crippen LogP) is 3.45. The number of carbonyl (C=O) groups excluding carboxylic acids is 2. The van der Waals surface area contributed by atoms with E-state index in [-0.39, 0.29) is 18.4 Å². The first kappa shape index (κ1) is 18.2. The quantitative estimate of drug-likeness (QED) is 0.253. The Kier molecular flexibility index (Phi) is 11.8. The van der Waals surface area contributed by atoms with E-state index in [4.69, 9.17) is 21.1 Å². The third kappa shape index (κ3) is 13.5. The molecule has 0 aromatic rings. The zero-order valence-corrected chi connectivity index (χ0v) is 12.7. The number of ether oxygens (including phenoxy) is 2. The second kappa shape index (κ2) is 12.3. The molecular formula is C14H25ClO4. The van der Waals surface area contributed by atoms with Gasteiger partial charge in [0.1, 0.15) is 13.0 Å². The maximum Gasteiger partial charge on any atom is 0.317 e. The average molecular weight is 293 g/mol. The van der Waals surface area contributed by atoms with Crippen molar-refractivity contribution in [3.63, 3.8) is 0 Å². The largest absolute Gasteiger partial charge is 0.465 e. The lowest BCUT2D eigenvalue weighted by molar-refractivity contribution is -0.154. The van der Waals surface area contributed by atoms with Crippen molar-refractivity contribution >= 4 is 23.5 Å². The summed E-state index contributed by atoms with van der Waals surface area (Å²) in [6, 6.07) is 0. The van der Waals surface area contributed by atoms with Crippen LogP contribution in [-0.4, -0.2) is 30.5 Å². The molecule has 5 heteroatoms. The Bertz CT molecular complexity index is 254. The molecule has 1 atom stereocenters. The van der Waals surface area contributed by atoms with E-state index in [1.807, 2.05) is 0 Å². The van der Waals surface area contributed by atoms with Crippen LogP contribution in [-0.2, 0) is 19.1 Å². The molecule has 0 fully saturated rings. The van der Waals surface area contributed by atoms with E-state index in [2.05, 4.69) is 6.92 Å². The Morgan fingerprint density at radius 3 is 2.21 bits per heavy atom. The molecule has 0 spiro atoms. The van der Waals surface area contributed by atoms with E-state index in [1.165, 1.54) is 25.7 Å². The summed E-state index contributed by atoms with van der Waals surface area (Å²) in [5.74, 6) is -1.11. The monoisotopic (exact) mass is 292 g/mol. The molecule has 0 N–H and O–H groups in total. The maximum absolute atomic E-state index is 11.3. The number of halogens is 1. The molecule has 19 heavy (non-hydrogen) atoms. The molecule has 0 rings (SSSR count). The van der Waals surface area contributed by atoms with Crippen molar-refractivity contribution in [3.05, 3.63) is 0 Å². The van der Waals surface area contributed by atoms with E-state index in [1.54, 1.807) is 6.92 Å². The summed E-state index contributed by atoms with van der Waals surface area (Å²) in [6.07, 6.45) is 6.45. The van der Waals surface area contributed by atoms with Crippen molar-refractivity contribution in [2.75, 3.05) is 13.2 Å². The summed E-state index contributed by atoms with van der Waals surface area (Å²) in [4.78, 5) is 22.5. The van der Waals surface area contributed by atoms with Crippen LogP contribution >= 0.6 is 11.6 Å². The first-order chi connectivity index (χ1) is 9.06. The number of carbonyl (C=O) groups is 2. The average Bonchev–Trinajstić information content (AvgIpc) is 2.35. The summed E-state index contributed by atoms with van der Waals surface area (Å²) < 4.78 is 9.73. The van der Waals surface area contributed by atoms with Crippen LogP contribution in [0.15, 0.2) is 0 Å². The number of rotatable bonds is 11. The predicted molar refractivity (Wildman–Crippen MR) is 75.2 cm³/mol. The highest BCUT2D eigenvalue weighted by molar-refractivity contribution is 6.20. The van der Waals surface area contributed by atoms with Crippen LogP contribution in [0.3, 0.4) is 0 Å². The molecule has 0 radical (unpaired) electrons. The highest BCUT2D eigenvalue weighted by atomic mass is 35.5. The van der Waals surface area contributed by atoms with Gasteiger partial charge in [-0.25, -0.2) is 0 Å². The van der Waals surface area contributed by atoms with E-state index < -0.39 is 11.9 Å². The minimum atomic E-state index is -0.583. The van der Waals surface area contributed by atoms with Crippen molar-refractivity contribution in [2.24, 2.45) is 0 Å². The minimum Gasteiger partial charge on any atom is -0.465 e. The highest BCUT2D eigenvalue weighted by Gasteiger charge is 2.12. The Hall–Kier alpha value is -0.770. The number of unbranched alkanes of at least 4 members (excludes halogenated alkanes) is 5. The molecule has 0 aliphatic rings. The first-order valence-corrected chi connectivity index (χ1v) is 7.45. The third-order valence-electron chi connectivity index (χ3n) is 2.52. The first-order valence-electron chi connectivity index (χ1n) is 7.01. The molecule has 0 aliphatic carbocycles. The summed E-state index contributed by atoms with van der Waals surface area (Å²) in [6.45, 7) is 4.38. The fourth-order valence-corrected chi connectivity index (χ4v) is 1.56. The zero-order chi connectivity index (χ0) is 14.5. The van der Waals surface area contributed by atoms with Gasteiger partial charge in [0.05, 0.1) is 12.0 Å². The van der Waals surface area contributed by atoms with E-state index >= 15 is 0 Å². The lowest BCUT2D eigenvalue weighted by Gasteiger charge is -2.06. The normalized spacial score (nSPS) is 11.9. The second-order valence-electron chi connectivity index (χ2n) is 4.63. The van der Waals surface area contributed by atoms with Crippen LogP contribution in [0.25, 0.3) is 0 Å². The van der Waals surface area contributed by atoms with Gasteiger partial charge in [0.2, 0.25) is 0 Å². The van der Waals surface area contributed by atoms with Gasteiger partial charge >= 0.3 is 11.9 Å². The van der Waals surface area contributed by atoms with Crippen molar-refractivity contribution in [3.8, 4) is 0 Å². The zero-order valence-electron chi connectivity index (χ0n) is 12.0. The van der Waals surface area contributed by atoms with Crippen molar-refractivity contribution in [1.82, 2.24) is 0 Å². The number of hydrogen-bond donors (Lipinski definition) is 0. The Morgan fingerprint density at radius 1 is 1.00 bits per heavy atom. The third-order valence-corrected chi connectivity index (χ3v) is 2.65. The molecule has 112 valence electrons. The van der Waals surface area contributed by atoms with Gasteiger partial charge in [-0.1, -0.05) is 39.0 Å². The molecule has 0 saturated carbocycles. The molecule has 0 aromatic heterocycles. The molecule has 0 heterocycles. The van der Waals surface area contributed by atoms with Crippen LogP contribution in [0.5, 0.6) is 0 Å². The molecule has 0 aliphatic heterocycles. The molecular weight excluding hydrogens is 268 g/mol. The Balaban J connectivity index is 3.41. The van der Waals surface area contributed by atoms with Gasteiger partial charge in [-0.05, 0) is 13.3 Å². The van der Waals surface area contributed by atoms with E-state index in [0.717, 1.165) is 12.8 Å². The number of alkyl halides is 1. The van der Waals surface area contributed by atoms with Gasteiger partial charge in [-0.3, -0.25) is 9.59 Å². The standard InChI is InChI=1S/C14H25ClO4/c1-3-4-5-6-7-8-9-18-13(16)10-14(17)19-11-12(2)15/h12H,3-11H2,1-2H3. The summed E-state index contributed by atoms with van der Waals surface area (Å²) in [7, 11) is 0. The molecule has 1 unspecified atom stereocenters. The summed E-state index contributed by atoms with van der Waals surface area (Å²) in [5.41, 5.74) is 0. The second-order valence-corrected chi connectivity index (χ2v) is 5.37. The molecule has 0 aromatic carbocycles. The number of hydrogen-bond acceptors (Lipinski definition) is 4. The highest BCUT2D eigenvalue weighted by Crippen LogP contribution is 2.05. The van der Waals surface area contributed by atoms with E-state index in [9.17, 15) is 9.59 Å². The lowest BCUT2D eigenvalue weighted by atomic mass is 10.1. The molecule has 4 nitrogen and oxygen atoms in total. The van der Waals surface area contributed by atoms with Gasteiger partial charge in [-0.2, -0.15) is 0 Å². The Labute approximate surface area is 120 Å². The molecule has 0 saturated heterocycles. The summed E-state index contributed by atoms with van der Waals surface area (Å²) in [5, 5.41) is -0.247. The van der Waals surface area contributed by atoms with Crippen molar-refractivity contribution in [2.45, 2.75) is 64.2 Å². The smallest absolute Gasteiger partial charge is 0.317 e. The van der Waals surface area contributed by atoms with Crippen LogP contribution in [0, 0.1) is 0 Å². The van der Waals surface area contributed by atoms with Crippen LogP contribution in [0.4, 0.5) is 0 Å². The Morgan fingerprint density at radius 2 is 1.58 bits per heavy atom. The maximum atomic E-state index is 11.3. The lowest BCUT2D eigenvalue weighted by Crippen LogP contribution is -2.17. The van der Waals surface area contributed by atoms with Gasteiger partial charge in [0.15, 0.2) is 0 Å². The fraction of sp³-hybridized carbons (Fsp3) is 0.857. The van der Waals surface area contributed by atoms with Crippen molar-refractivity contribution < 1.29 is 19.1 Å². The van der Waals surface area contributed by atoms with Crippen LogP contribution in [0.2, 0.25) is 0 Å². The van der Waals surface area contributed by atoms with Gasteiger partial charge in [0, 0.05) is 0 Å². The number of esters is 2. The molecule has 0 bridgehead atoms. The topological polar surface area (TPSA) is 52.6 Å². The van der Waals surface area contributed by atoms with E-state index in [0.29, 0.717) is 6.61 Å². The SMILES string of the molecule is CCCCCCCCOC(=O)CC(=O)OCC(C)Cl. The van der Waals surface area contributed by atoms with Gasteiger partial charge in [-0.15, -0.1) is 11.6 Å². The molecule has 0 amide bonds. The van der Waals surface area contributed by atoms with Gasteiger partial charge < -0.3 is 9.47 Å². The van der Waals surface area contributed by atoms with Gasteiger partial charge in [0.25, 0.3) is 0 Å². The van der Waals surface area contributed by atoms with Crippen LogP contribution < -0.4 is 0 Å². The van der Waals surface area contributed by atoms with Crippen LogP contribution in [0.1, 0.15) is 58.8 Å². The summed E-state index contributed by atoms with van der Waals surface area (Å²) >= 11 is 5.62. The van der Waals surface area contributed by atoms with Crippen molar-refractivity contribution in [1.29, 1.82) is 0 Å². The fourth-order valence-electron chi connectivity index (χ4n) is 1.50.